The van der Waals surface area contributed by atoms with E-state index < -0.39 is 5.95 Å². The maximum atomic E-state index is 13.0. The molecule has 1 aromatic rings. The monoisotopic (exact) mass is 239 g/mol. The highest BCUT2D eigenvalue weighted by Crippen LogP contribution is 2.14. The second-order valence-corrected chi connectivity index (χ2v) is 4.05. The molecule has 0 N–H and O–H groups in total. The van der Waals surface area contributed by atoms with Crippen molar-refractivity contribution in [2.45, 2.75) is 13.3 Å². The smallest absolute Gasteiger partial charge is 0.241 e. The topological polar surface area (TPSA) is 36.4 Å². The first kappa shape index (κ1) is 13.4. The fraction of sp³-hybridized carbons (Fsp3) is 0.500. The number of hydrogen-bond donors (Lipinski definition) is 0. The van der Waals surface area contributed by atoms with Crippen LogP contribution in [0.1, 0.15) is 13.3 Å². The van der Waals surface area contributed by atoms with Crippen molar-refractivity contribution in [3.8, 4) is 0 Å². The minimum absolute atomic E-state index is 0.00401. The number of carbonyl (C=O) groups excluding carboxylic acids is 1. The van der Waals surface area contributed by atoms with E-state index in [1.165, 1.54) is 17.2 Å². The van der Waals surface area contributed by atoms with Gasteiger partial charge in [0.1, 0.15) is 0 Å². The molecule has 0 aromatic carbocycles. The van der Waals surface area contributed by atoms with E-state index in [0.29, 0.717) is 12.2 Å². The molecule has 1 rings (SSSR count). The molecule has 0 spiro atoms. The summed E-state index contributed by atoms with van der Waals surface area (Å²) in [5.74, 6) is -0.531. The van der Waals surface area contributed by atoms with E-state index in [4.69, 9.17) is 0 Å². The summed E-state index contributed by atoms with van der Waals surface area (Å²) in [6, 6.07) is 3.06. The van der Waals surface area contributed by atoms with Crippen LogP contribution in [-0.2, 0) is 4.79 Å². The average molecular weight is 239 g/mol. The third-order valence-electron chi connectivity index (χ3n) is 2.39. The Morgan fingerprint density at radius 3 is 2.71 bits per heavy atom. The van der Waals surface area contributed by atoms with Crippen LogP contribution in [0.4, 0.5) is 10.1 Å². The molecule has 0 aliphatic heterocycles. The van der Waals surface area contributed by atoms with E-state index in [2.05, 4.69) is 4.98 Å². The lowest BCUT2D eigenvalue weighted by atomic mass is 10.3. The second-order valence-electron chi connectivity index (χ2n) is 4.05. The van der Waals surface area contributed by atoms with Gasteiger partial charge < -0.3 is 9.80 Å². The van der Waals surface area contributed by atoms with Gasteiger partial charge in [-0.15, -0.1) is 0 Å². The van der Waals surface area contributed by atoms with E-state index in [9.17, 15) is 9.18 Å². The zero-order valence-electron chi connectivity index (χ0n) is 10.5. The Bertz CT molecular complexity index is 382. The molecule has 17 heavy (non-hydrogen) atoms. The molecule has 0 saturated heterocycles. The molecule has 0 atom stereocenters. The number of amides is 1. The summed E-state index contributed by atoms with van der Waals surface area (Å²) in [6.07, 6.45) is 2.30. The molecule has 94 valence electrons. The van der Waals surface area contributed by atoms with E-state index >= 15 is 0 Å². The number of anilines is 1. The standard InChI is InChI=1S/C12H18FN3O/c1-4-7-16(9-12(17)15(2)3)10-5-6-14-11(13)8-10/h5-6,8H,4,7,9H2,1-3H3. The van der Waals surface area contributed by atoms with Gasteiger partial charge in [0, 0.05) is 38.6 Å². The summed E-state index contributed by atoms with van der Waals surface area (Å²) < 4.78 is 13.0. The third-order valence-corrected chi connectivity index (χ3v) is 2.39. The van der Waals surface area contributed by atoms with Crippen LogP contribution in [0.2, 0.25) is 0 Å². The largest absolute Gasteiger partial charge is 0.362 e. The summed E-state index contributed by atoms with van der Waals surface area (Å²) in [7, 11) is 3.42. The first-order chi connectivity index (χ1) is 8.04. The number of rotatable bonds is 5. The molecule has 0 aliphatic rings. The van der Waals surface area contributed by atoms with Crippen molar-refractivity contribution >= 4 is 11.6 Å². The van der Waals surface area contributed by atoms with Crippen molar-refractivity contribution in [1.82, 2.24) is 9.88 Å². The van der Waals surface area contributed by atoms with Crippen molar-refractivity contribution in [2.75, 3.05) is 32.1 Å². The summed E-state index contributed by atoms with van der Waals surface area (Å²) >= 11 is 0. The van der Waals surface area contributed by atoms with Gasteiger partial charge in [-0.05, 0) is 12.5 Å². The number of pyridine rings is 1. The molecule has 4 nitrogen and oxygen atoms in total. The van der Waals surface area contributed by atoms with Crippen LogP contribution < -0.4 is 4.90 Å². The number of halogens is 1. The normalized spacial score (nSPS) is 10.1. The molecule has 0 aliphatic carbocycles. The lowest BCUT2D eigenvalue weighted by molar-refractivity contribution is -0.127. The minimum Gasteiger partial charge on any atom is -0.362 e. The van der Waals surface area contributed by atoms with Crippen molar-refractivity contribution in [3.63, 3.8) is 0 Å². The number of nitrogens with zero attached hydrogens (tertiary/aromatic N) is 3. The predicted octanol–water partition coefficient (Wildman–Crippen LogP) is 1.53. The number of carbonyl (C=O) groups is 1. The fourth-order valence-corrected chi connectivity index (χ4v) is 1.46. The maximum absolute atomic E-state index is 13.0. The maximum Gasteiger partial charge on any atom is 0.241 e. The highest BCUT2D eigenvalue weighted by atomic mass is 19.1. The Kier molecular flexibility index (Phi) is 4.87. The average Bonchev–Trinajstić information content (AvgIpc) is 2.28. The Morgan fingerprint density at radius 1 is 1.47 bits per heavy atom. The van der Waals surface area contributed by atoms with Gasteiger partial charge >= 0.3 is 0 Å². The van der Waals surface area contributed by atoms with Crippen LogP contribution in [0.25, 0.3) is 0 Å². The molecule has 1 heterocycles. The molecule has 0 saturated carbocycles. The SMILES string of the molecule is CCCN(CC(=O)N(C)C)c1ccnc(F)c1. The lowest BCUT2D eigenvalue weighted by Crippen LogP contribution is -2.37. The summed E-state index contributed by atoms with van der Waals surface area (Å²) in [5.41, 5.74) is 0.689. The van der Waals surface area contributed by atoms with Crippen LogP contribution in [0.3, 0.4) is 0 Å². The Balaban J connectivity index is 2.82. The van der Waals surface area contributed by atoms with Gasteiger partial charge in [-0.2, -0.15) is 4.39 Å². The predicted molar refractivity (Wildman–Crippen MR) is 65.4 cm³/mol. The van der Waals surface area contributed by atoms with Gasteiger partial charge in [-0.3, -0.25) is 4.79 Å². The van der Waals surface area contributed by atoms with Gasteiger partial charge in [-0.1, -0.05) is 6.92 Å². The highest BCUT2D eigenvalue weighted by Gasteiger charge is 2.12. The van der Waals surface area contributed by atoms with Gasteiger partial charge in [0.05, 0.1) is 6.54 Å². The van der Waals surface area contributed by atoms with E-state index in [-0.39, 0.29) is 12.5 Å². The van der Waals surface area contributed by atoms with Crippen LogP contribution in [-0.4, -0.2) is 43.0 Å². The molecule has 5 heteroatoms. The minimum atomic E-state index is -0.527. The highest BCUT2D eigenvalue weighted by molar-refractivity contribution is 5.80. The number of likely N-dealkylation sites (N-methyl/N-ethyl adjacent to an activating group) is 1. The summed E-state index contributed by atoms with van der Waals surface area (Å²) in [6.45, 7) is 2.98. The van der Waals surface area contributed by atoms with Crippen molar-refractivity contribution in [3.05, 3.63) is 24.3 Å². The number of hydrogen-bond acceptors (Lipinski definition) is 3. The molecule has 0 radical (unpaired) electrons. The third kappa shape index (κ3) is 4.01. The molecular weight excluding hydrogens is 221 g/mol. The lowest BCUT2D eigenvalue weighted by Gasteiger charge is -2.25. The zero-order valence-corrected chi connectivity index (χ0v) is 10.5. The first-order valence-corrected chi connectivity index (χ1v) is 5.61. The fourth-order valence-electron chi connectivity index (χ4n) is 1.46. The molecular formula is C12H18FN3O. The van der Waals surface area contributed by atoms with Crippen molar-refractivity contribution in [2.24, 2.45) is 0 Å². The van der Waals surface area contributed by atoms with E-state index in [1.54, 1.807) is 20.2 Å². The molecule has 0 fully saturated rings. The summed E-state index contributed by atoms with van der Waals surface area (Å²) in [4.78, 5) is 18.6. The Morgan fingerprint density at radius 2 is 2.18 bits per heavy atom. The van der Waals surface area contributed by atoms with E-state index in [0.717, 1.165) is 6.42 Å². The van der Waals surface area contributed by atoms with Crippen LogP contribution in [0, 0.1) is 5.95 Å². The first-order valence-electron chi connectivity index (χ1n) is 5.61. The van der Waals surface area contributed by atoms with Gasteiger partial charge in [-0.25, -0.2) is 4.98 Å². The Hall–Kier alpha value is -1.65. The molecule has 0 bridgehead atoms. The number of aromatic nitrogens is 1. The second kappa shape index (κ2) is 6.18. The molecule has 0 unspecified atom stereocenters. The van der Waals surface area contributed by atoms with Crippen LogP contribution in [0.15, 0.2) is 18.3 Å². The van der Waals surface area contributed by atoms with Crippen molar-refractivity contribution in [1.29, 1.82) is 0 Å². The molecule has 1 amide bonds. The van der Waals surface area contributed by atoms with Gasteiger partial charge in [0.25, 0.3) is 0 Å². The zero-order chi connectivity index (χ0) is 12.8. The summed E-state index contributed by atoms with van der Waals surface area (Å²) in [5, 5.41) is 0. The van der Waals surface area contributed by atoms with E-state index in [1.807, 2.05) is 11.8 Å². The van der Waals surface area contributed by atoms with Gasteiger partial charge in [0.15, 0.2) is 0 Å². The Labute approximate surface area is 101 Å². The quantitative estimate of drug-likeness (QED) is 0.731. The van der Waals surface area contributed by atoms with Gasteiger partial charge in [0.2, 0.25) is 11.9 Å². The molecule has 1 aromatic heterocycles. The van der Waals surface area contributed by atoms with Crippen LogP contribution in [0.5, 0.6) is 0 Å². The van der Waals surface area contributed by atoms with Crippen molar-refractivity contribution < 1.29 is 9.18 Å². The van der Waals surface area contributed by atoms with Crippen LogP contribution >= 0.6 is 0 Å².